The van der Waals surface area contributed by atoms with Gasteiger partial charge < -0.3 is 10.1 Å². The number of aromatic nitrogens is 2. The van der Waals surface area contributed by atoms with Crippen molar-refractivity contribution in [3.8, 4) is 5.75 Å². The molecule has 1 amide bonds. The number of ether oxygens (including phenoxy) is 1. The molecular formula is C17H14N4O5. The number of benzene rings is 1. The second kappa shape index (κ2) is 6.63. The summed E-state index contributed by atoms with van der Waals surface area (Å²) in [4.78, 5) is 38.9. The third kappa shape index (κ3) is 2.97. The van der Waals surface area contributed by atoms with E-state index in [0.717, 1.165) is 0 Å². The lowest BCUT2D eigenvalue weighted by Gasteiger charge is -2.04. The van der Waals surface area contributed by atoms with Gasteiger partial charge in [0.1, 0.15) is 0 Å². The first-order chi connectivity index (χ1) is 12.4. The van der Waals surface area contributed by atoms with Crippen LogP contribution >= 0.6 is 0 Å². The Morgan fingerprint density at radius 1 is 1.27 bits per heavy atom. The number of pyridine rings is 1. The number of carbonyl (C=O) groups is 2. The summed E-state index contributed by atoms with van der Waals surface area (Å²) in [5.74, 6) is -0.472. The molecule has 0 aliphatic rings. The highest BCUT2D eigenvalue weighted by atomic mass is 16.6. The molecule has 0 fully saturated rings. The van der Waals surface area contributed by atoms with Crippen molar-refractivity contribution in [3.63, 3.8) is 0 Å². The van der Waals surface area contributed by atoms with Crippen molar-refractivity contribution in [2.45, 2.75) is 6.92 Å². The van der Waals surface area contributed by atoms with E-state index in [-0.39, 0.29) is 34.5 Å². The standard InChI is InChI=1S/C17H14N4O5/c1-10(22)18-16-13-5-3-4-8-20(13)17(19-16)15(23)11-6-7-12(21(24)25)14(9-11)26-2/h3-9H,1-2H3,(H,18,22). The summed E-state index contributed by atoms with van der Waals surface area (Å²) in [5.41, 5.74) is 0.494. The molecule has 0 atom stereocenters. The van der Waals surface area contributed by atoms with Crippen molar-refractivity contribution in [2.75, 3.05) is 12.4 Å². The normalized spacial score (nSPS) is 10.5. The van der Waals surface area contributed by atoms with Crippen LogP contribution in [0.5, 0.6) is 5.75 Å². The predicted molar refractivity (Wildman–Crippen MR) is 92.6 cm³/mol. The Hall–Kier alpha value is -3.75. The predicted octanol–water partition coefficient (Wildman–Crippen LogP) is 2.44. The number of rotatable bonds is 5. The van der Waals surface area contributed by atoms with Gasteiger partial charge in [0, 0.05) is 24.8 Å². The molecule has 2 heterocycles. The summed E-state index contributed by atoms with van der Waals surface area (Å²) in [6, 6.07) is 9.03. The monoisotopic (exact) mass is 354 g/mol. The lowest BCUT2D eigenvalue weighted by molar-refractivity contribution is -0.385. The number of amides is 1. The van der Waals surface area contributed by atoms with Crippen molar-refractivity contribution in [3.05, 3.63) is 64.1 Å². The van der Waals surface area contributed by atoms with E-state index in [1.54, 1.807) is 28.8 Å². The molecule has 3 aromatic rings. The molecule has 3 rings (SSSR count). The number of ketones is 1. The van der Waals surface area contributed by atoms with Gasteiger partial charge in [-0.3, -0.25) is 24.1 Å². The average Bonchev–Trinajstić information content (AvgIpc) is 2.98. The zero-order chi connectivity index (χ0) is 18.8. The first-order valence-corrected chi connectivity index (χ1v) is 7.54. The maximum atomic E-state index is 12.9. The minimum absolute atomic E-state index is 0.0243. The fraction of sp³-hybridized carbons (Fsp3) is 0.118. The molecule has 0 saturated carbocycles. The van der Waals surface area contributed by atoms with Crippen LogP contribution in [0, 0.1) is 10.1 Å². The van der Waals surface area contributed by atoms with E-state index in [4.69, 9.17) is 4.74 Å². The summed E-state index contributed by atoms with van der Waals surface area (Å²) in [5, 5.41) is 13.6. The Bertz CT molecular complexity index is 1040. The Morgan fingerprint density at radius 2 is 2.04 bits per heavy atom. The summed E-state index contributed by atoms with van der Waals surface area (Å²) in [7, 11) is 1.29. The van der Waals surface area contributed by atoms with E-state index in [9.17, 15) is 19.7 Å². The molecule has 1 N–H and O–H groups in total. The third-order valence-corrected chi connectivity index (χ3v) is 3.68. The number of anilines is 1. The highest BCUT2D eigenvalue weighted by Crippen LogP contribution is 2.29. The highest BCUT2D eigenvalue weighted by molar-refractivity contribution is 6.08. The third-order valence-electron chi connectivity index (χ3n) is 3.68. The first kappa shape index (κ1) is 17.1. The fourth-order valence-electron chi connectivity index (χ4n) is 2.56. The van der Waals surface area contributed by atoms with Crippen LogP contribution in [0.3, 0.4) is 0 Å². The molecule has 0 spiro atoms. The number of imidazole rings is 1. The van der Waals surface area contributed by atoms with Crippen molar-refractivity contribution in [1.29, 1.82) is 0 Å². The van der Waals surface area contributed by atoms with Crippen molar-refractivity contribution < 1.29 is 19.2 Å². The summed E-state index contributed by atoms with van der Waals surface area (Å²) in [6.07, 6.45) is 1.64. The smallest absolute Gasteiger partial charge is 0.310 e. The molecule has 0 radical (unpaired) electrons. The van der Waals surface area contributed by atoms with Crippen LogP contribution in [-0.4, -0.2) is 33.1 Å². The molecule has 0 aliphatic carbocycles. The molecule has 2 aromatic heterocycles. The number of hydrogen-bond donors (Lipinski definition) is 1. The minimum Gasteiger partial charge on any atom is -0.490 e. The zero-order valence-electron chi connectivity index (χ0n) is 13.9. The zero-order valence-corrected chi connectivity index (χ0v) is 13.9. The number of hydrogen-bond acceptors (Lipinski definition) is 6. The molecule has 132 valence electrons. The second-order valence-electron chi connectivity index (χ2n) is 5.39. The molecular weight excluding hydrogens is 340 g/mol. The maximum Gasteiger partial charge on any atom is 0.310 e. The quantitative estimate of drug-likeness (QED) is 0.427. The van der Waals surface area contributed by atoms with Crippen LogP contribution in [-0.2, 0) is 4.79 Å². The second-order valence-corrected chi connectivity index (χ2v) is 5.39. The number of fused-ring (bicyclic) bond motifs is 1. The van der Waals surface area contributed by atoms with E-state index in [2.05, 4.69) is 10.3 Å². The first-order valence-electron chi connectivity index (χ1n) is 7.54. The summed E-state index contributed by atoms with van der Waals surface area (Å²) < 4.78 is 6.54. The molecule has 0 aliphatic heterocycles. The van der Waals surface area contributed by atoms with Gasteiger partial charge in [0.15, 0.2) is 17.4 Å². The van der Waals surface area contributed by atoms with Crippen molar-refractivity contribution in [1.82, 2.24) is 9.38 Å². The van der Waals surface area contributed by atoms with Gasteiger partial charge in [-0.25, -0.2) is 4.98 Å². The molecule has 1 aromatic carbocycles. The van der Waals surface area contributed by atoms with Gasteiger partial charge in [0.05, 0.1) is 17.5 Å². The van der Waals surface area contributed by atoms with E-state index < -0.39 is 10.7 Å². The van der Waals surface area contributed by atoms with Crippen LogP contribution in [0.25, 0.3) is 5.52 Å². The van der Waals surface area contributed by atoms with Gasteiger partial charge in [-0.15, -0.1) is 0 Å². The van der Waals surface area contributed by atoms with Crippen LogP contribution < -0.4 is 10.1 Å². The number of nitrogens with one attached hydrogen (secondary N) is 1. The van der Waals surface area contributed by atoms with Gasteiger partial charge in [0.25, 0.3) is 0 Å². The topological polar surface area (TPSA) is 116 Å². The Balaban J connectivity index is 2.11. The number of carbonyl (C=O) groups excluding carboxylic acids is 2. The van der Waals surface area contributed by atoms with Crippen molar-refractivity contribution >= 4 is 28.7 Å². The lowest BCUT2D eigenvalue weighted by atomic mass is 10.1. The maximum absolute atomic E-state index is 12.9. The lowest BCUT2D eigenvalue weighted by Crippen LogP contribution is -2.08. The van der Waals surface area contributed by atoms with E-state index in [1.165, 1.54) is 32.2 Å². The Kier molecular flexibility index (Phi) is 4.36. The molecule has 9 nitrogen and oxygen atoms in total. The van der Waals surface area contributed by atoms with Gasteiger partial charge >= 0.3 is 5.69 Å². The summed E-state index contributed by atoms with van der Waals surface area (Å²) >= 11 is 0. The fourth-order valence-corrected chi connectivity index (χ4v) is 2.56. The van der Waals surface area contributed by atoms with Crippen molar-refractivity contribution in [2.24, 2.45) is 0 Å². The molecule has 9 heteroatoms. The van der Waals surface area contributed by atoms with Crippen LogP contribution in [0.1, 0.15) is 23.1 Å². The molecule has 0 bridgehead atoms. The van der Waals surface area contributed by atoms with E-state index in [0.29, 0.717) is 5.52 Å². The number of nitrogens with zero attached hydrogens (tertiary/aromatic N) is 3. The minimum atomic E-state index is -0.590. The number of nitro benzene ring substituents is 1. The SMILES string of the molecule is COc1cc(C(=O)c2nc(NC(C)=O)c3ccccn23)ccc1[N+](=O)[O-]. The van der Waals surface area contributed by atoms with Crippen LogP contribution in [0.4, 0.5) is 11.5 Å². The van der Waals surface area contributed by atoms with Gasteiger partial charge in [-0.1, -0.05) is 6.07 Å². The number of nitro groups is 1. The van der Waals surface area contributed by atoms with E-state index in [1.807, 2.05) is 0 Å². The molecule has 0 unspecified atom stereocenters. The van der Waals surface area contributed by atoms with Gasteiger partial charge in [0.2, 0.25) is 11.7 Å². The summed E-state index contributed by atoms with van der Waals surface area (Å²) in [6.45, 7) is 1.34. The van der Waals surface area contributed by atoms with E-state index >= 15 is 0 Å². The largest absolute Gasteiger partial charge is 0.490 e. The molecule has 26 heavy (non-hydrogen) atoms. The van der Waals surface area contributed by atoms with Gasteiger partial charge in [-0.2, -0.15) is 0 Å². The highest BCUT2D eigenvalue weighted by Gasteiger charge is 2.22. The van der Waals surface area contributed by atoms with Gasteiger partial charge in [-0.05, 0) is 24.3 Å². The Morgan fingerprint density at radius 3 is 2.69 bits per heavy atom. The average molecular weight is 354 g/mol. The van der Waals surface area contributed by atoms with Crippen LogP contribution in [0.2, 0.25) is 0 Å². The number of methoxy groups -OCH3 is 1. The Labute approximate surface area is 147 Å². The molecule has 0 saturated heterocycles. The van der Waals surface area contributed by atoms with Crippen LogP contribution in [0.15, 0.2) is 42.6 Å².